The minimum absolute atomic E-state index is 0.0239. The van der Waals surface area contributed by atoms with Crippen molar-refractivity contribution < 1.29 is 13.2 Å². The molecule has 0 atom stereocenters. The van der Waals surface area contributed by atoms with Crippen LogP contribution in [0.25, 0.3) is 0 Å². The molecule has 2 N–H and O–H groups in total. The number of aryl methyl sites for hydroxylation is 1. The molecule has 1 saturated carbocycles. The third-order valence-corrected chi connectivity index (χ3v) is 5.16. The van der Waals surface area contributed by atoms with Gasteiger partial charge in [-0.3, -0.25) is 4.79 Å². The first-order chi connectivity index (χ1) is 9.84. The molecule has 0 aliphatic heterocycles. The van der Waals surface area contributed by atoms with Crippen LogP contribution in [0.15, 0.2) is 23.1 Å². The number of nitrogens with two attached hydrogens (primary N) is 1. The fourth-order valence-corrected chi connectivity index (χ4v) is 3.80. The number of hydrogen-bond acceptors (Lipinski definition) is 3. The van der Waals surface area contributed by atoms with Gasteiger partial charge < -0.3 is 4.90 Å². The SMILES string of the molecule is CCN(C(=O)c1ccc(C)c(S(N)(=O)=O)c1)C1CCCC1. The number of amides is 1. The lowest BCUT2D eigenvalue weighted by atomic mass is 10.1. The van der Waals surface area contributed by atoms with Gasteiger partial charge in [0.25, 0.3) is 5.91 Å². The summed E-state index contributed by atoms with van der Waals surface area (Å²) in [5.41, 5.74) is 0.941. The maximum Gasteiger partial charge on any atom is 0.254 e. The number of hydrogen-bond donors (Lipinski definition) is 1. The number of nitrogens with zero attached hydrogens (tertiary/aromatic N) is 1. The van der Waals surface area contributed by atoms with Crippen molar-refractivity contribution in [2.45, 2.75) is 50.5 Å². The van der Waals surface area contributed by atoms with Crippen molar-refractivity contribution >= 4 is 15.9 Å². The van der Waals surface area contributed by atoms with Crippen molar-refractivity contribution in [3.05, 3.63) is 29.3 Å². The van der Waals surface area contributed by atoms with Gasteiger partial charge in [0.1, 0.15) is 0 Å². The summed E-state index contributed by atoms with van der Waals surface area (Å²) in [7, 11) is -3.81. The third kappa shape index (κ3) is 3.44. The molecule has 116 valence electrons. The lowest BCUT2D eigenvalue weighted by Crippen LogP contribution is -2.38. The van der Waals surface area contributed by atoms with E-state index in [9.17, 15) is 13.2 Å². The van der Waals surface area contributed by atoms with Gasteiger partial charge in [-0.05, 0) is 44.4 Å². The highest BCUT2D eigenvalue weighted by molar-refractivity contribution is 7.89. The Hall–Kier alpha value is -1.40. The van der Waals surface area contributed by atoms with Crippen LogP contribution in [0.5, 0.6) is 0 Å². The van der Waals surface area contributed by atoms with Crippen LogP contribution >= 0.6 is 0 Å². The van der Waals surface area contributed by atoms with Crippen LogP contribution in [0.3, 0.4) is 0 Å². The van der Waals surface area contributed by atoms with Crippen LogP contribution < -0.4 is 5.14 Å². The van der Waals surface area contributed by atoms with Crippen molar-refractivity contribution in [2.75, 3.05) is 6.54 Å². The van der Waals surface area contributed by atoms with E-state index in [1.807, 2.05) is 11.8 Å². The molecule has 0 radical (unpaired) electrons. The zero-order chi connectivity index (χ0) is 15.6. The van der Waals surface area contributed by atoms with E-state index in [2.05, 4.69) is 0 Å². The molecule has 1 aliphatic rings. The molecule has 1 aromatic rings. The summed E-state index contributed by atoms with van der Waals surface area (Å²) in [5.74, 6) is -0.116. The molecule has 0 spiro atoms. The molecule has 1 aliphatic carbocycles. The molecule has 0 saturated heterocycles. The van der Waals surface area contributed by atoms with Gasteiger partial charge in [-0.2, -0.15) is 0 Å². The molecule has 0 heterocycles. The predicted octanol–water partition coefficient (Wildman–Crippen LogP) is 2.05. The molecule has 1 amide bonds. The predicted molar refractivity (Wildman–Crippen MR) is 81.5 cm³/mol. The molecule has 5 nitrogen and oxygen atoms in total. The second-order valence-electron chi connectivity index (χ2n) is 5.55. The van der Waals surface area contributed by atoms with Crippen LogP contribution in [0.4, 0.5) is 0 Å². The molecule has 0 bridgehead atoms. The normalized spacial score (nSPS) is 16.1. The Morgan fingerprint density at radius 2 is 1.95 bits per heavy atom. The topological polar surface area (TPSA) is 80.5 Å². The van der Waals surface area contributed by atoms with E-state index >= 15 is 0 Å². The summed E-state index contributed by atoms with van der Waals surface area (Å²) < 4.78 is 23.2. The first-order valence-corrected chi connectivity index (χ1v) is 8.83. The summed E-state index contributed by atoms with van der Waals surface area (Å²) in [6.07, 6.45) is 4.33. The van der Waals surface area contributed by atoms with Gasteiger partial charge in [0.2, 0.25) is 10.0 Å². The van der Waals surface area contributed by atoms with Crippen LogP contribution in [-0.2, 0) is 10.0 Å². The zero-order valence-electron chi connectivity index (χ0n) is 12.5. The molecule has 6 heteroatoms. The van der Waals surface area contributed by atoms with Gasteiger partial charge in [-0.25, -0.2) is 13.6 Å². The highest BCUT2D eigenvalue weighted by Crippen LogP contribution is 2.25. The Kier molecular flexibility index (Phi) is 4.68. The number of carbonyl (C=O) groups excluding carboxylic acids is 1. The number of primary sulfonamides is 1. The smallest absolute Gasteiger partial charge is 0.254 e. The number of rotatable bonds is 4. The fraction of sp³-hybridized carbons (Fsp3) is 0.533. The Balaban J connectivity index is 2.34. The maximum absolute atomic E-state index is 12.6. The Morgan fingerprint density at radius 3 is 2.48 bits per heavy atom. The second kappa shape index (κ2) is 6.15. The molecule has 21 heavy (non-hydrogen) atoms. The van der Waals surface area contributed by atoms with Gasteiger partial charge in [0, 0.05) is 18.2 Å². The molecule has 2 rings (SSSR count). The Bertz CT molecular complexity index is 634. The fourth-order valence-electron chi connectivity index (χ4n) is 2.99. The Labute approximate surface area is 126 Å². The minimum atomic E-state index is -3.81. The van der Waals surface area contributed by atoms with E-state index in [1.165, 1.54) is 6.07 Å². The van der Waals surface area contributed by atoms with Gasteiger partial charge in [-0.1, -0.05) is 18.9 Å². The van der Waals surface area contributed by atoms with E-state index in [-0.39, 0.29) is 16.8 Å². The van der Waals surface area contributed by atoms with E-state index in [0.29, 0.717) is 17.7 Å². The van der Waals surface area contributed by atoms with Crippen LogP contribution in [-0.4, -0.2) is 31.8 Å². The van der Waals surface area contributed by atoms with Gasteiger partial charge in [0.15, 0.2) is 0 Å². The number of benzene rings is 1. The first-order valence-electron chi connectivity index (χ1n) is 7.29. The monoisotopic (exact) mass is 310 g/mol. The average molecular weight is 310 g/mol. The van der Waals surface area contributed by atoms with Crippen LogP contribution in [0.1, 0.15) is 48.5 Å². The molecule has 1 aromatic carbocycles. The molecule has 0 unspecified atom stereocenters. The zero-order valence-corrected chi connectivity index (χ0v) is 13.3. The average Bonchev–Trinajstić information content (AvgIpc) is 2.92. The van der Waals surface area contributed by atoms with Crippen LogP contribution in [0, 0.1) is 6.92 Å². The van der Waals surface area contributed by atoms with E-state index in [1.54, 1.807) is 19.1 Å². The highest BCUT2D eigenvalue weighted by Gasteiger charge is 2.27. The van der Waals surface area contributed by atoms with Crippen molar-refractivity contribution in [3.63, 3.8) is 0 Å². The van der Waals surface area contributed by atoms with Crippen LogP contribution in [0.2, 0.25) is 0 Å². The lowest BCUT2D eigenvalue weighted by molar-refractivity contribution is 0.0693. The van der Waals surface area contributed by atoms with E-state index < -0.39 is 10.0 Å². The van der Waals surface area contributed by atoms with Gasteiger partial charge in [0.05, 0.1) is 4.90 Å². The summed E-state index contributed by atoms with van der Waals surface area (Å²) in [5, 5.41) is 5.20. The quantitative estimate of drug-likeness (QED) is 0.924. The molecule has 1 fully saturated rings. The first kappa shape index (κ1) is 16.0. The number of carbonyl (C=O) groups is 1. The molecular formula is C15H22N2O3S. The minimum Gasteiger partial charge on any atom is -0.336 e. The van der Waals surface area contributed by atoms with Crippen molar-refractivity contribution in [1.82, 2.24) is 4.90 Å². The van der Waals surface area contributed by atoms with Crippen molar-refractivity contribution in [2.24, 2.45) is 5.14 Å². The second-order valence-corrected chi connectivity index (χ2v) is 7.08. The van der Waals surface area contributed by atoms with E-state index in [0.717, 1.165) is 25.7 Å². The summed E-state index contributed by atoms with van der Waals surface area (Å²) in [6.45, 7) is 4.25. The Morgan fingerprint density at radius 1 is 1.33 bits per heavy atom. The highest BCUT2D eigenvalue weighted by atomic mass is 32.2. The lowest BCUT2D eigenvalue weighted by Gasteiger charge is -2.28. The standard InChI is InChI=1S/C15H22N2O3S/c1-3-17(13-6-4-5-7-13)15(18)12-9-8-11(2)14(10-12)21(16,19)20/h8-10,13H,3-7H2,1-2H3,(H2,16,19,20). The summed E-state index contributed by atoms with van der Waals surface area (Å²) >= 11 is 0. The van der Waals surface area contributed by atoms with Crippen molar-refractivity contribution in [3.8, 4) is 0 Å². The van der Waals surface area contributed by atoms with E-state index in [4.69, 9.17) is 5.14 Å². The maximum atomic E-state index is 12.6. The molecule has 0 aromatic heterocycles. The van der Waals surface area contributed by atoms with Gasteiger partial charge in [-0.15, -0.1) is 0 Å². The third-order valence-electron chi connectivity index (χ3n) is 4.11. The van der Waals surface area contributed by atoms with Crippen molar-refractivity contribution in [1.29, 1.82) is 0 Å². The largest absolute Gasteiger partial charge is 0.336 e. The summed E-state index contributed by atoms with van der Waals surface area (Å²) in [4.78, 5) is 14.5. The number of sulfonamides is 1. The van der Waals surface area contributed by atoms with Gasteiger partial charge >= 0.3 is 0 Å². The molecular weight excluding hydrogens is 288 g/mol. The summed E-state index contributed by atoms with van der Waals surface area (Å²) in [6, 6.07) is 4.96.